The third-order valence-electron chi connectivity index (χ3n) is 5.44. The highest BCUT2D eigenvalue weighted by Gasteiger charge is 2.27. The Morgan fingerprint density at radius 1 is 1.00 bits per heavy atom. The Hall–Kier alpha value is -0.505. The highest BCUT2D eigenvalue weighted by atomic mass is 16.4. The van der Waals surface area contributed by atoms with Crippen LogP contribution in [0.4, 0.5) is 0 Å². The summed E-state index contributed by atoms with van der Waals surface area (Å²) in [5, 5.41) is 9.01. The number of nitrogens with zero attached hydrogens (tertiary/aromatic N) is 1. The van der Waals surface area contributed by atoms with Crippen LogP contribution in [0.25, 0.3) is 0 Å². The Morgan fingerprint density at radius 2 is 1.46 bits per heavy atom. The molecule has 1 N–H and O–H groups in total. The van der Waals surface area contributed by atoms with Crippen LogP contribution >= 0.6 is 0 Å². The molecule has 0 bridgehead atoms. The smallest absolute Gasteiger partial charge is 0.317 e. The summed E-state index contributed by atoms with van der Waals surface area (Å²) in [5.41, 5.74) is 0.353. The van der Waals surface area contributed by atoms with E-state index in [4.69, 9.17) is 5.11 Å². The first-order valence-electron chi connectivity index (χ1n) is 10.3. The molecular formula is C20H42BNO2. The molecule has 0 saturated heterocycles. The Bertz CT molecular complexity index is 325. The van der Waals surface area contributed by atoms with Crippen molar-refractivity contribution in [2.75, 3.05) is 13.6 Å². The van der Waals surface area contributed by atoms with Gasteiger partial charge in [0.15, 0.2) is 0 Å². The Kier molecular flexibility index (Phi) is 13.5. The van der Waals surface area contributed by atoms with Crippen LogP contribution < -0.4 is 0 Å². The fraction of sp³-hybridized carbons (Fsp3) is 0.950. The fourth-order valence-electron chi connectivity index (χ4n) is 3.70. The van der Waals surface area contributed by atoms with Gasteiger partial charge in [0.1, 0.15) is 7.85 Å². The highest BCUT2D eigenvalue weighted by molar-refractivity contribution is 6.11. The van der Waals surface area contributed by atoms with E-state index in [1.54, 1.807) is 0 Å². The highest BCUT2D eigenvalue weighted by Crippen LogP contribution is 2.36. The van der Waals surface area contributed by atoms with Crippen LogP contribution in [0.15, 0.2) is 0 Å². The topological polar surface area (TPSA) is 40.5 Å². The zero-order valence-corrected chi connectivity index (χ0v) is 17.1. The number of unbranched alkanes of at least 4 members (excludes halogenated alkanes) is 7. The van der Waals surface area contributed by atoms with E-state index in [1.165, 1.54) is 70.6 Å². The van der Waals surface area contributed by atoms with Gasteiger partial charge in [-0.3, -0.25) is 4.79 Å². The van der Waals surface area contributed by atoms with Crippen LogP contribution in [0.2, 0.25) is 0 Å². The van der Waals surface area contributed by atoms with Gasteiger partial charge in [-0.2, -0.15) is 0 Å². The second-order valence-electron chi connectivity index (χ2n) is 8.15. The molecule has 4 heteroatoms. The molecule has 0 spiro atoms. The average Bonchev–Trinajstić information content (AvgIpc) is 2.51. The zero-order valence-electron chi connectivity index (χ0n) is 17.1. The molecule has 0 radical (unpaired) electrons. The van der Waals surface area contributed by atoms with Crippen LogP contribution in [0.3, 0.4) is 0 Å². The number of likely N-dealkylation sites (N-methyl/N-ethyl adjacent to an activating group) is 1. The molecule has 0 aromatic heterocycles. The number of carboxylic acid groups (broad SMARTS) is 1. The van der Waals surface area contributed by atoms with Gasteiger partial charge in [-0.15, -0.1) is 0 Å². The van der Waals surface area contributed by atoms with Gasteiger partial charge in [-0.25, -0.2) is 0 Å². The van der Waals surface area contributed by atoms with E-state index in [0.717, 1.165) is 6.42 Å². The molecule has 0 fully saturated rings. The molecule has 0 heterocycles. The predicted molar refractivity (Wildman–Crippen MR) is 107 cm³/mol. The molecule has 0 aliphatic carbocycles. The van der Waals surface area contributed by atoms with E-state index in [2.05, 4.69) is 28.6 Å². The van der Waals surface area contributed by atoms with Gasteiger partial charge in [0.2, 0.25) is 0 Å². The van der Waals surface area contributed by atoms with Crippen molar-refractivity contribution < 1.29 is 9.90 Å². The minimum Gasteiger partial charge on any atom is -0.480 e. The summed E-state index contributed by atoms with van der Waals surface area (Å²) in [6.07, 6.45) is 15.6. The van der Waals surface area contributed by atoms with Gasteiger partial charge < -0.3 is 10.0 Å². The Labute approximate surface area is 152 Å². The van der Waals surface area contributed by atoms with Gasteiger partial charge >= 0.3 is 5.97 Å². The van der Waals surface area contributed by atoms with Crippen LogP contribution in [0, 0.1) is 5.41 Å². The first-order valence-corrected chi connectivity index (χ1v) is 10.3. The van der Waals surface area contributed by atoms with Gasteiger partial charge in [-0.1, -0.05) is 78.6 Å². The van der Waals surface area contributed by atoms with Crippen LogP contribution in [0.5, 0.6) is 0 Å². The normalized spacial score (nSPS) is 15.4. The van der Waals surface area contributed by atoms with Crippen molar-refractivity contribution in [3.63, 3.8) is 0 Å². The average molecular weight is 339 g/mol. The molecule has 0 aliphatic rings. The lowest BCUT2D eigenvalue weighted by Crippen LogP contribution is -2.39. The third kappa shape index (κ3) is 11.9. The molecule has 142 valence electrons. The van der Waals surface area contributed by atoms with E-state index in [9.17, 15) is 4.79 Å². The molecule has 0 rings (SSSR count). The van der Waals surface area contributed by atoms with Gasteiger partial charge in [0, 0.05) is 0 Å². The molecule has 2 atom stereocenters. The SMILES string of the molecule is BC(CC(C)(CCCCCC)CCCCCCC)N(C)CC(=O)O. The zero-order chi connectivity index (χ0) is 18.4. The number of hydrogen-bond acceptors (Lipinski definition) is 2. The van der Waals surface area contributed by atoms with E-state index in [1.807, 2.05) is 11.9 Å². The summed E-state index contributed by atoms with van der Waals surface area (Å²) in [7, 11) is 4.13. The van der Waals surface area contributed by atoms with Gasteiger partial charge in [0.05, 0.1) is 6.54 Å². The van der Waals surface area contributed by atoms with E-state index >= 15 is 0 Å². The van der Waals surface area contributed by atoms with Crippen LogP contribution in [0.1, 0.15) is 97.8 Å². The summed E-state index contributed by atoms with van der Waals surface area (Å²) >= 11 is 0. The molecule has 0 amide bonds. The van der Waals surface area contributed by atoms with E-state index in [0.29, 0.717) is 11.4 Å². The maximum Gasteiger partial charge on any atom is 0.317 e. The molecule has 0 aromatic rings. The largest absolute Gasteiger partial charge is 0.480 e. The molecule has 0 saturated carbocycles. The molecule has 0 aromatic carbocycles. The van der Waals surface area contributed by atoms with Crippen molar-refractivity contribution >= 4 is 13.8 Å². The summed E-state index contributed by atoms with van der Waals surface area (Å²) in [6, 6.07) is 0. The molecular weight excluding hydrogens is 297 g/mol. The van der Waals surface area contributed by atoms with Gasteiger partial charge in [0.25, 0.3) is 0 Å². The summed E-state index contributed by atoms with van der Waals surface area (Å²) in [5.74, 6) is -0.401. The number of hydrogen-bond donors (Lipinski definition) is 1. The Morgan fingerprint density at radius 3 is 1.92 bits per heavy atom. The lowest BCUT2D eigenvalue weighted by atomic mass is 9.71. The molecule has 0 aliphatic heterocycles. The van der Waals surface area contributed by atoms with Crippen molar-refractivity contribution in [3.8, 4) is 0 Å². The first-order chi connectivity index (χ1) is 11.3. The predicted octanol–water partition coefficient (Wildman–Crippen LogP) is 4.69. The first kappa shape index (κ1) is 23.5. The maximum atomic E-state index is 11.0. The van der Waals surface area contributed by atoms with Crippen LogP contribution in [-0.4, -0.2) is 43.4 Å². The van der Waals surface area contributed by atoms with E-state index in [-0.39, 0.29) is 6.54 Å². The molecule has 24 heavy (non-hydrogen) atoms. The van der Waals surface area contributed by atoms with Crippen LogP contribution in [-0.2, 0) is 4.79 Å². The monoisotopic (exact) mass is 339 g/mol. The summed E-state index contributed by atoms with van der Waals surface area (Å²) in [6.45, 7) is 7.10. The van der Waals surface area contributed by atoms with Crippen molar-refractivity contribution in [1.82, 2.24) is 4.90 Å². The second kappa shape index (κ2) is 13.7. The fourth-order valence-corrected chi connectivity index (χ4v) is 3.70. The summed E-state index contributed by atoms with van der Waals surface area (Å²) in [4.78, 5) is 12.9. The Balaban J connectivity index is 4.49. The lowest BCUT2D eigenvalue weighted by molar-refractivity contribution is -0.138. The number of aliphatic carboxylic acids is 1. The van der Waals surface area contributed by atoms with Crippen molar-refractivity contribution in [3.05, 3.63) is 0 Å². The van der Waals surface area contributed by atoms with Crippen molar-refractivity contribution in [1.29, 1.82) is 0 Å². The maximum absolute atomic E-state index is 11.0. The lowest BCUT2D eigenvalue weighted by Gasteiger charge is -2.36. The van der Waals surface area contributed by atoms with Crippen molar-refractivity contribution in [2.24, 2.45) is 5.41 Å². The summed E-state index contributed by atoms with van der Waals surface area (Å²) < 4.78 is 0. The second-order valence-corrected chi connectivity index (χ2v) is 8.15. The van der Waals surface area contributed by atoms with Crippen molar-refractivity contribution in [2.45, 2.75) is 104 Å². The number of rotatable bonds is 16. The van der Waals surface area contributed by atoms with Gasteiger partial charge in [-0.05, 0) is 37.7 Å². The standard InChI is InChI=1S/C20H42BNO2/c1-5-7-9-11-13-15-20(3,14-12-10-8-6-2)16-18(21)22(4)17-19(23)24/h18H,5-17,21H2,1-4H3,(H,23,24). The van der Waals surface area contributed by atoms with E-state index < -0.39 is 5.97 Å². The third-order valence-corrected chi connectivity index (χ3v) is 5.44. The number of carboxylic acids is 1. The molecule has 2 unspecified atom stereocenters. The minimum atomic E-state index is -0.728. The minimum absolute atomic E-state index is 0.142. The number of carbonyl (C=O) groups is 1. The molecule has 3 nitrogen and oxygen atoms in total. The quantitative estimate of drug-likeness (QED) is 0.328.